The lowest BCUT2D eigenvalue weighted by atomic mass is 9.72. The molecule has 1 aliphatic carbocycles. The van der Waals surface area contributed by atoms with Crippen molar-refractivity contribution in [1.29, 1.82) is 0 Å². The molecule has 0 radical (unpaired) electrons. The lowest BCUT2D eigenvalue weighted by Crippen LogP contribution is -2.21. The number of hydrogen-bond acceptors (Lipinski definition) is 2. The summed E-state index contributed by atoms with van der Waals surface area (Å²) in [6, 6.07) is 4.66. The Hall–Kier alpha value is -0.470. The van der Waals surface area contributed by atoms with E-state index < -0.39 is 0 Å². The van der Waals surface area contributed by atoms with Crippen LogP contribution in [0.2, 0.25) is 0 Å². The highest BCUT2D eigenvalue weighted by molar-refractivity contribution is 7.98. The maximum Gasteiger partial charge on any atom is 0.0462 e. The van der Waals surface area contributed by atoms with Crippen molar-refractivity contribution < 1.29 is 5.11 Å². The van der Waals surface area contributed by atoms with Crippen molar-refractivity contribution in [2.24, 2.45) is 5.92 Å². The Labute approximate surface area is 115 Å². The topological polar surface area (TPSA) is 20.2 Å². The second-order valence-corrected chi connectivity index (χ2v) is 6.56. The van der Waals surface area contributed by atoms with Gasteiger partial charge in [-0.3, -0.25) is 0 Å². The molecule has 0 unspecified atom stereocenters. The Morgan fingerprint density at radius 2 is 2.11 bits per heavy atom. The first-order chi connectivity index (χ1) is 8.58. The molecule has 0 aliphatic heterocycles. The monoisotopic (exact) mass is 264 g/mol. The molecule has 0 saturated heterocycles. The maximum atomic E-state index is 9.47. The third-order valence-electron chi connectivity index (χ3n) is 4.32. The molecule has 1 nitrogen and oxygen atoms in total. The summed E-state index contributed by atoms with van der Waals surface area (Å²) in [5.41, 5.74) is 4.40. The Balaban J connectivity index is 2.53. The molecule has 100 valence electrons. The van der Waals surface area contributed by atoms with E-state index in [4.69, 9.17) is 0 Å². The summed E-state index contributed by atoms with van der Waals surface area (Å²) in [6.07, 6.45) is 4.63. The zero-order chi connectivity index (χ0) is 13.3. The molecule has 0 spiro atoms. The summed E-state index contributed by atoms with van der Waals surface area (Å²) in [4.78, 5) is 1.44. The van der Waals surface area contributed by atoms with Gasteiger partial charge in [-0.15, -0.1) is 11.8 Å². The van der Waals surface area contributed by atoms with Crippen LogP contribution < -0.4 is 0 Å². The fourth-order valence-corrected chi connectivity index (χ4v) is 4.08. The van der Waals surface area contributed by atoms with Crippen LogP contribution in [0.25, 0.3) is 0 Å². The van der Waals surface area contributed by atoms with Gasteiger partial charge < -0.3 is 5.11 Å². The third kappa shape index (κ3) is 2.46. The van der Waals surface area contributed by atoms with Crippen molar-refractivity contribution in [3.05, 3.63) is 28.8 Å². The van der Waals surface area contributed by atoms with Crippen molar-refractivity contribution in [2.75, 3.05) is 12.9 Å². The van der Waals surface area contributed by atoms with E-state index in [1.807, 2.05) is 11.8 Å². The lowest BCUT2D eigenvalue weighted by molar-refractivity contribution is 0.205. The van der Waals surface area contributed by atoms with Crippen molar-refractivity contribution >= 4 is 11.8 Å². The van der Waals surface area contributed by atoms with Gasteiger partial charge in [0.25, 0.3) is 0 Å². The average molecular weight is 264 g/mol. The maximum absolute atomic E-state index is 9.47. The van der Waals surface area contributed by atoms with Gasteiger partial charge in [-0.25, -0.2) is 0 Å². The number of fused-ring (bicyclic) bond motifs is 1. The van der Waals surface area contributed by atoms with E-state index in [1.165, 1.54) is 28.9 Å². The Morgan fingerprint density at radius 1 is 1.39 bits per heavy atom. The van der Waals surface area contributed by atoms with Crippen molar-refractivity contribution in [2.45, 2.75) is 50.3 Å². The van der Waals surface area contributed by atoms with Gasteiger partial charge in [0.05, 0.1) is 0 Å². The molecule has 2 heteroatoms. The van der Waals surface area contributed by atoms with Crippen LogP contribution in [-0.4, -0.2) is 18.0 Å². The first-order valence-corrected chi connectivity index (χ1v) is 8.10. The van der Waals surface area contributed by atoms with Crippen LogP contribution in [0.15, 0.2) is 17.0 Å². The predicted molar refractivity (Wildman–Crippen MR) is 79.6 cm³/mol. The molecule has 3 atom stereocenters. The number of benzene rings is 1. The zero-order valence-electron chi connectivity index (χ0n) is 11.9. The summed E-state index contributed by atoms with van der Waals surface area (Å²) >= 11 is 1.86. The van der Waals surface area contributed by atoms with E-state index in [2.05, 4.69) is 39.2 Å². The van der Waals surface area contributed by atoms with Crippen LogP contribution in [0.4, 0.5) is 0 Å². The third-order valence-corrected chi connectivity index (χ3v) is 5.09. The van der Waals surface area contributed by atoms with Gasteiger partial charge in [-0.05, 0) is 66.5 Å². The van der Waals surface area contributed by atoms with Crippen molar-refractivity contribution in [1.82, 2.24) is 0 Å². The molecule has 1 aromatic rings. The molecule has 2 rings (SSSR count). The van der Waals surface area contributed by atoms with E-state index >= 15 is 0 Å². The van der Waals surface area contributed by atoms with E-state index in [9.17, 15) is 5.11 Å². The quantitative estimate of drug-likeness (QED) is 0.820. The molecule has 0 saturated carbocycles. The summed E-state index contributed by atoms with van der Waals surface area (Å²) in [5.74, 6) is 1.56. The molecule has 18 heavy (non-hydrogen) atoms. The molecule has 1 N–H and O–H groups in total. The molecule has 0 fully saturated rings. The highest BCUT2D eigenvalue weighted by atomic mass is 32.2. The zero-order valence-corrected chi connectivity index (χ0v) is 12.7. The molecule has 0 amide bonds. The number of aliphatic hydroxyl groups is 1. The smallest absolute Gasteiger partial charge is 0.0462 e. The van der Waals surface area contributed by atoms with Gasteiger partial charge in [-0.1, -0.05) is 19.9 Å². The molecule has 1 aromatic carbocycles. The number of aryl methyl sites for hydroxylation is 1. The SMILES string of the molecule is CSc1cc(C)cc2c1[C@H](C)CC[C@H]2[C@H](C)CO. The lowest BCUT2D eigenvalue weighted by Gasteiger charge is -2.34. The number of hydrogen-bond donors (Lipinski definition) is 1. The minimum atomic E-state index is 0.293. The summed E-state index contributed by atoms with van der Waals surface area (Å²) in [6.45, 7) is 6.99. The van der Waals surface area contributed by atoms with Crippen LogP contribution in [0.3, 0.4) is 0 Å². The molecule has 0 aromatic heterocycles. The summed E-state index contributed by atoms with van der Waals surface area (Å²) in [7, 11) is 0. The standard InChI is InChI=1S/C16H24OS/c1-10-7-14-13(12(3)9-17)6-5-11(2)16(14)15(8-10)18-4/h7-8,11-13,17H,5-6,9H2,1-4H3/t11-,12-,13+/m1/s1. The van der Waals surface area contributed by atoms with Crippen LogP contribution >= 0.6 is 11.8 Å². The van der Waals surface area contributed by atoms with Gasteiger partial charge in [0.2, 0.25) is 0 Å². The van der Waals surface area contributed by atoms with Crippen molar-refractivity contribution in [3.8, 4) is 0 Å². The Bertz CT molecular complexity index is 427. The van der Waals surface area contributed by atoms with Gasteiger partial charge in [0, 0.05) is 11.5 Å². The average Bonchev–Trinajstić information content (AvgIpc) is 2.37. The molecule has 1 aliphatic rings. The van der Waals surface area contributed by atoms with Crippen LogP contribution in [0, 0.1) is 12.8 Å². The second-order valence-electron chi connectivity index (χ2n) is 5.71. The Morgan fingerprint density at radius 3 is 2.72 bits per heavy atom. The van der Waals surface area contributed by atoms with Gasteiger partial charge in [0.15, 0.2) is 0 Å². The highest BCUT2D eigenvalue weighted by Crippen LogP contribution is 2.45. The summed E-state index contributed by atoms with van der Waals surface area (Å²) in [5, 5.41) is 9.47. The molecule has 0 bridgehead atoms. The predicted octanol–water partition coefficient (Wildman–Crippen LogP) is 4.33. The minimum Gasteiger partial charge on any atom is -0.396 e. The number of aliphatic hydroxyl groups excluding tert-OH is 1. The molecular formula is C16H24OS. The van der Waals surface area contributed by atoms with Crippen molar-refractivity contribution in [3.63, 3.8) is 0 Å². The second kappa shape index (κ2) is 5.66. The number of thioether (sulfide) groups is 1. The fourth-order valence-electron chi connectivity index (χ4n) is 3.24. The Kier molecular flexibility index (Phi) is 4.39. The van der Waals surface area contributed by atoms with E-state index in [-0.39, 0.29) is 0 Å². The largest absolute Gasteiger partial charge is 0.396 e. The van der Waals surface area contributed by atoms with Crippen LogP contribution in [0.5, 0.6) is 0 Å². The molecular weight excluding hydrogens is 240 g/mol. The fraction of sp³-hybridized carbons (Fsp3) is 0.625. The van der Waals surface area contributed by atoms with Gasteiger partial charge in [-0.2, -0.15) is 0 Å². The molecule has 0 heterocycles. The van der Waals surface area contributed by atoms with Crippen LogP contribution in [-0.2, 0) is 0 Å². The van der Waals surface area contributed by atoms with E-state index in [0.29, 0.717) is 24.4 Å². The van der Waals surface area contributed by atoms with Gasteiger partial charge in [0.1, 0.15) is 0 Å². The highest BCUT2D eigenvalue weighted by Gasteiger charge is 2.30. The van der Waals surface area contributed by atoms with E-state index in [1.54, 1.807) is 5.56 Å². The van der Waals surface area contributed by atoms with Gasteiger partial charge >= 0.3 is 0 Å². The summed E-state index contributed by atoms with van der Waals surface area (Å²) < 4.78 is 0. The van der Waals surface area contributed by atoms with Crippen LogP contribution in [0.1, 0.15) is 55.2 Å². The van der Waals surface area contributed by atoms with E-state index in [0.717, 1.165) is 0 Å². The first-order valence-electron chi connectivity index (χ1n) is 6.87. The minimum absolute atomic E-state index is 0.293. The first kappa shape index (κ1) is 14.0. The normalized spacial score (nSPS) is 24.7. The number of rotatable bonds is 3.